The van der Waals surface area contributed by atoms with Crippen molar-refractivity contribution in [2.75, 3.05) is 18.0 Å². The van der Waals surface area contributed by atoms with Gasteiger partial charge in [-0.3, -0.25) is 0 Å². The number of aliphatic hydroxyl groups is 1. The SMILES string of the molecule is N#Cc1cc(N2CC(O)C2)c2ccccc2n1. The minimum atomic E-state index is -0.257. The first-order valence-electron chi connectivity index (χ1n) is 5.51. The second-order valence-electron chi connectivity index (χ2n) is 4.21. The lowest BCUT2D eigenvalue weighted by Gasteiger charge is -2.38. The molecule has 1 aromatic carbocycles. The van der Waals surface area contributed by atoms with Gasteiger partial charge in [-0.1, -0.05) is 18.2 Å². The van der Waals surface area contributed by atoms with Crippen LogP contribution >= 0.6 is 0 Å². The van der Waals surface area contributed by atoms with Crippen molar-refractivity contribution in [3.63, 3.8) is 0 Å². The zero-order valence-electron chi connectivity index (χ0n) is 9.17. The average Bonchev–Trinajstić information content (AvgIpc) is 2.34. The number of rotatable bonds is 1. The van der Waals surface area contributed by atoms with Crippen LogP contribution in [0.1, 0.15) is 5.69 Å². The largest absolute Gasteiger partial charge is 0.389 e. The highest BCUT2D eigenvalue weighted by Crippen LogP contribution is 2.29. The van der Waals surface area contributed by atoms with E-state index in [-0.39, 0.29) is 6.10 Å². The second-order valence-corrected chi connectivity index (χ2v) is 4.21. The van der Waals surface area contributed by atoms with Crippen molar-refractivity contribution >= 4 is 16.6 Å². The first kappa shape index (κ1) is 10.1. The van der Waals surface area contributed by atoms with E-state index in [4.69, 9.17) is 5.26 Å². The molecule has 3 rings (SSSR count). The highest BCUT2D eigenvalue weighted by atomic mass is 16.3. The van der Waals surface area contributed by atoms with Crippen LogP contribution in [0, 0.1) is 11.3 Å². The Labute approximate surface area is 98.7 Å². The Morgan fingerprint density at radius 3 is 2.82 bits per heavy atom. The number of fused-ring (bicyclic) bond motifs is 1. The molecule has 1 fully saturated rings. The van der Waals surface area contributed by atoms with Gasteiger partial charge in [0, 0.05) is 24.2 Å². The predicted molar refractivity (Wildman–Crippen MR) is 64.7 cm³/mol. The molecule has 0 saturated carbocycles. The molecule has 1 saturated heterocycles. The number of aliphatic hydroxyl groups excluding tert-OH is 1. The van der Waals surface area contributed by atoms with Crippen molar-refractivity contribution in [2.24, 2.45) is 0 Å². The molecule has 2 aromatic rings. The Morgan fingerprint density at radius 1 is 1.35 bits per heavy atom. The molecule has 4 heteroatoms. The van der Waals surface area contributed by atoms with Gasteiger partial charge < -0.3 is 10.0 Å². The monoisotopic (exact) mass is 225 g/mol. The predicted octanol–water partition coefficient (Wildman–Crippen LogP) is 1.29. The lowest BCUT2D eigenvalue weighted by atomic mass is 10.1. The molecule has 0 unspecified atom stereocenters. The van der Waals surface area contributed by atoms with Crippen molar-refractivity contribution in [1.29, 1.82) is 5.26 Å². The van der Waals surface area contributed by atoms with Crippen molar-refractivity contribution in [1.82, 2.24) is 4.98 Å². The number of para-hydroxylation sites is 1. The fraction of sp³-hybridized carbons (Fsp3) is 0.231. The van der Waals surface area contributed by atoms with Gasteiger partial charge in [0.05, 0.1) is 11.6 Å². The third-order valence-corrected chi connectivity index (χ3v) is 3.01. The van der Waals surface area contributed by atoms with Gasteiger partial charge in [0.15, 0.2) is 0 Å². The first-order chi connectivity index (χ1) is 8.28. The van der Waals surface area contributed by atoms with Crippen LogP contribution in [0.2, 0.25) is 0 Å². The first-order valence-corrected chi connectivity index (χ1v) is 5.51. The van der Waals surface area contributed by atoms with Crippen LogP contribution in [0.25, 0.3) is 10.9 Å². The number of nitrogens with zero attached hydrogens (tertiary/aromatic N) is 3. The van der Waals surface area contributed by atoms with E-state index in [2.05, 4.69) is 16.0 Å². The fourth-order valence-electron chi connectivity index (χ4n) is 2.13. The summed E-state index contributed by atoms with van der Waals surface area (Å²) < 4.78 is 0. The maximum atomic E-state index is 9.36. The van der Waals surface area contributed by atoms with Crippen LogP contribution < -0.4 is 4.90 Å². The molecule has 0 amide bonds. The Balaban J connectivity index is 2.18. The number of hydrogen-bond donors (Lipinski definition) is 1. The minimum absolute atomic E-state index is 0.257. The van der Waals surface area contributed by atoms with E-state index in [0.717, 1.165) is 16.6 Å². The summed E-state index contributed by atoms with van der Waals surface area (Å²) in [6.07, 6.45) is -0.257. The zero-order valence-corrected chi connectivity index (χ0v) is 9.17. The molecule has 0 spiro atoms. The Morgan fingerprint density at radius 2 is 2.12 bits per heavy atom. The number of pyridine rings is 1. The van der Waals surface area contributed by atoms with Gasteiger partial charge in [0.25, 0.3) is 0 Å². The summed E-state index contributed by atoms with van der Waals surface area (Å²) in [5.74, 6) is 0. The summed E-state index contributed by atoms with van der Waals surface area (Å²) in [5.41, 5.74) is 2.22. The maximum Gasteiger partial charge on any atom is 0.143 e. The summed E-state index contributed by atoms with van der Waals surface area (Å²) in [4.78, 5) is 6.33. The number of nitriles is 1. The van der Waals surface area contributed by atoms with Crippen LogP contribution in [0.5, 0.6) is 0 Å². The maximum absolute atomic E-state index is 9.36. The molecule has 1 aliphatic rings. The van der Waals surface area contributed by atoms with Crippen molar-refractivity contribution < 1.29 is 5.11 Å². The van der Waals surface area contributed by atoms with Crippen molar-refractivity contribution in [3.05, 3.63) is 36.0 Å². The summed E-state index contributed by atoms with van der Waals surface area (Å²) >= 11 is 0. The lowest BCUT2D eigenvalue weighted by molar-refractivity contribution is 0.142. The van der Waals surface area contributed by atoms with Gasteiger partial charge in [0.2, 0.25) is 0 Å². The highest BCUT2D eigenvalue weighted by molar-refractivity contribution is 5.92. The van der Waals surface area contributed by atoms with Gasteiger partial charge in [0.1, 0.15) is 11.8 Å². The summed E-state index contributed by atoms with van der Waals surface area (Å²) in [6, 6.07) is 11.6. The summed E-state index contributed by atoms with van der Waals surface area (Å²) in [7, 11) is 0. The third-order valence-electron chi connectivity index (χ3n) is 3.01. The Kier molecular flexibility index (Phi) is 2.20. The van der Waals surface area contributed by atoms with Crippen molar-refractivity contribution in [2.45, 2.75) is 6.10 Å². The second kappa shape index (κ2) is 3.72. The van der Waals surface area contributed by atoms with E-state index >= 15 is 0 Å². The van der Waals surface area contributed by atoms with Gasteiger partial charge in [-0.15, -0.1) is 0 Å². The van der Waals surface area contributed by atoms with Crippen molar-refractivity contribution in [3.8, 4) is 6.07 Å². The quantitative estimate of drug-likeness (QED) is 0.794. The average molecular weight is 225 g/mol. The third kappa shape index (κ3) is 1.61. The van der Waals surface area contributed by atoms with Crippen LogP contribution in [0.4, 0.5) is 5.69 Å². The summed E-state index contributed by atoms with van der Waals surface area (Å²) in [6.45, 7) is 1.25. The number of benzene rings is 1. The van der Waals surface area contributed by atoms with Gasteiger partial charge in [-0.25, -0.2) is 4.98 Å². The topological polar surface area (TPSA) is 60.2 Å². The molecule has 0 radical (unpaired) electrons. The number of β-amino-alcohol motifs (C(OH)–C–C–N with tert-alkyl or cyclic N) is 1. The molecule has 0 aliphatic carbocycles. The molecule has 1 aliphatic heterocycles. The normalized spacial score (nSPS) is 15.6. The van der Waals surface area contributed by atoms with Crippen LogP contribution in [0.3, 0.4) is 0 Å². The Hall–Kier alpha value is -2.12. The van der Waals surface area contributed by atoms with Gasteiger partial charge in [-0.2, -0.15) is 5.26 Å². The smallest absolute Gasteiger partial charge is 0.143 e. The number of aromatic nitrogens is 1. The molecule has 4 nitrogen and oxygen atoms in total. The van der Waals surface area contributed by atoms with E-state index in [1.165, 1.54) is 0 Å². The summed E-state index contributed by atoms with van der Waals surface area (Å²) in [5, 5.41) is 19.3. The lowest BCUT2D eigenvalue weighted by Crippen LogP contribution is -2.50. The highest BCUT2D eigenvalue weighted by Gasteiger charge is 2.26. The van der Waals surface area contributed by atoms with Gasteiger partial charge >= 0.3 is 0 Å². The Bertz CT molecular complexity index is 612. The molecular formula is C13H11N3O. The molecule has 0 bridgehead atoms. The molecular weight excluding hydrogens is 214 g/mol. The van der Waals surface area contributed by atoms with E-state index < -0.39 is 0 Å². The van der Waals surface area contributed by atoms with E-state index in [0.29, 0.717) is 18.8 Å². The number of hydrogen-bond acceptors (Lipinski definition) is 4. The molecule has 2 heterocycles. The van der Waals surface area contributed by atoms with E-state index in [1.54, 1.807) is 6.07 Å². The standard InChI is InChI=1S/C13H11N3O/c14-6-9-5-13(16-7-10(17)8-16)11-3-1-2-4-12(11)15-9/h1-5,10,17H,7-8H2. The van der Waals surface area contributed by atoms with E-state index in [9.17, 15) is 5.11 Å². The zero-order chi connectivity index (χ0) is 11.8. The molecule has 1 aromatic heterocycles. The van der Waals surface area contributed by atoms with Crippen LogP contribution in [-0.2, 0) is 0 Å². The fourth-order valence-corrected chi connectivity index (χ4v) is 2.13. The molecule has 1 N–H and O–H groups in total. The molecule has 84 valence electrons. The minimum Gasteiger partial charge on any atom is -0.389 e. The molecule has 17 heavy (non-hydrogen) atoms. The number of anilines is 1. The van der Waals surface area contributed by atoms with Gasteiger partial charge in [-0.05, 0) is 12.1 Å². The van der Waals surface area contributed by atoms with Crippen LogP contribution in [-0.4, -0.2) is 29.3 Å². The molecule has 0 atom stereocenters. The van der Waals surface area contributed by atoms with E-state index in [1.807, 2.05) is 24.3 Å². The van der Waals surface area contributed by atoms with Crippen LogP contribution in [0.15, 0.2) is 30.3 Å².